The molecule has 0 bridgehead atoms. The van der Waals surface area contributed by atoms with Crippen LogP contribution in [-0.4, -0.2) is 33.2 Å². The zero-order valence-corrected chi connectivity index (χ0v) is 15.0. The number of hydrogen-bond donors (Lipinski definition) is 1. The Balaban J connectivity index is 1.81. The van der Waals surface area contributed by atoms with E-state index in [0.717, 1.165) is 17.0 Å². The van der Waals surface area contributed by atoms with E-state index in [1.807, 2.05) is 36.4 Å². The van der Waals surface area contributed by atoms with E-state index in [4.69, 9.17) is 4.74 Å². The van der Waals surface area contributed by atoms with Gasteiger partial charge in [0, 0.05) is 5.56 Å². The maximum Gasteiger partial charge on any atom is 0.251 e. The summed E-state index contributed by atoms with van der Waals surface area (Å²) in [4.78, 5) is 12.8. The molecule has 1 N–H and O–H groups in total. The van der Waals surface area contributed by atoms with Crippen molar-refractivity contribution < 1.29 is 9.53 Å². The molecule has 0 aliphatic heterocycles. The third-order valence-electron chi connectivity index (χ3n) is 4.15. The molecule has 3 rings (SSSR count). The number of ether oxygens (including phenoxy) is 1. The van der Waals surface area contributed by atoms with E-state index in [1.165, 1.54) is 11.0 Å². The summed E-state index contributed by atoms with van der Waals surface area (Å²) in [6.45, 7) is 4.15. The van der Waals surface area contributed by atoms with Crippen molar-refractivity contribution in [1.29, 1.82) is 0 Å². The number of hydrogen-bond acceptors (Lipinski definition) is 5. The molecule has 1 atom stereocenters. The van der Waals surface area contributed by atoms with Gasteiger partial charge in [-0.15, -0.1) is 5.10 Å². The van der Waals surface area contributed by atoms with Crippen LogP contribution >= 0.6 is 0 Å². The third kappa shape index (κ3) is 3.88. The van der Waals surface area contributed by atoms with Gasteiger partial charge < -0.3 is 10.1 Å². The number of tetrazole rings is 1. The standard InChI is InChI=1S/C19H21N5O2/c1-13(2)18(14-7-9-17(26-3)10-8-14)21-19(25)15-5-4-6-16(11-15)24-12-20-22-23-24/h4-13,18H,1-3H3,(H,21,25)/t18-/m0/s1. The van der Waals surface area contributed by atoms with Gasteiger partial charge >= 0.3 is 0 Å². The molecule has 26 heavy (non-hydrogen) atoms. The molecular weight excluding hydrogens is 330 g/mol. The van der Waals surface area contributed by atoms with E-state index in [0.29, 0.717) is 5.56 Å². The third-order valence-corrected chi connectivity index (χ3v) is 4.15. The minimum Gasteiger partial charge on any atom is -0.497 e. The van der Waals surface area contributed by atoms with Crippen LogP contribution in [0, 0.1) is 5.92 Å². The van der Waals surface area contributed by atoms with Gasteiger partial charge in [0.15, 0.2) is 0 Å². The van der Waals surface area contributed by atoms with Gasteiger partial charge in [0.05, 0.1) is 18.8 Å². The van der Waals surface area contributed by atoms with Crippen molar-refractivity contribution in [3.05, 3.63) is 66.0 Å². The fourth-order valence-corrected chi connectivity index (χ4v) is 2.74. The summed E-state index contributed by atoms with van der Waals surface area (Å²) in [5.74, 6) is 0.876. The SMILES string of the molecule is COc1ccc([C@@H](NC(=O)c2cccc(-n3cnnn3)c2)C(C)C)cc1. The molecule has 0 saturated heterocycles. The van der Waals surface area contributed by atoms with Crippen molar-refractivity contribution in [1.82, 2.24) is 25.5 Å². The Bertz CT molecular complexity index is 860. The quantitative estimate of drug-likeness (QED) is 0.738. The highest BCUT2D eigenvalue weighted by molar-refractivity contribution is 5.95. The molecule has 1 aromatic heterocycles. The first kappa shape index (κ1) is 17.6. The molecule has 0 aliphatic rings. The summed E-state index contributed by atoms with van der Waals surface area (Å²) < 4.78 is 6.72. The molecule has 1 amide bonds. The number of rotatable bonds is 6. The number of nitrogens with zero attached hydrogens (tertiary/aromatic N) is 4. The zero-order chi connectivity index (χ0) is 18.5. The number of benzene rings is 2. The summed E-state index contributed by atoms with van der Waals surface area (Å²) in [6, 6.07) is 14.8. The molecule has 134 valence electrons. The van der Waals surface area contributed by atoms with Gasteiger partial charge in [-0.1, -0.05) is 32.0 Å². The summed E-state index contributed by atoms with van der Waals surface area (Å²) in [7, 11) is 1.63. The van der Waals surface area contributed by atoms with Crippen LogP contribution < -0.4 is 10.1 Å². The molecule has 0 spiro atoms. The average molecular weight is 351 g/mol. The predicted molar refractivity (Wildman–Crippen MR) is 97.2 cm³/mol. The lowest BCUT2D eigenvalue weighted by Crippen LogP contribution is -2.31. The van der Waals surface area contributed by atoms with Gasteiger partial charge in [-0.25, -0.2) is 4.68 Å². The Morgan fingerprint density at radius 2 is 1.92 bits per heavy atom. The van der Waals surface area contributed by atoms with Crippen LogP contribution in [0.25, 0.3) is 5.69 Å². The number of aromatic nitrogens is 4. The largest absolute Gasteiger partial charge is 0.497 e. The average Bonchev–Trinajstić information content (AvgIpc) is 3.21. The topological polar surface area (TPSA) is 81.9 Å². The van der Waals surface area contributed by atoms with Gasteiger partial charge in [-0.2, -0.15) is 0 Å². The number of carbonyl (C=O) groups is 1. The van der Waals surface area contributed by atoms with E-state index < -0.39 is 0 Å². The summed E-state index contributed by atoms with van der Waals surface area (Å²) in [6.07, 6.45) is 1.49. The first-order chi connectivity index (χ1) is 12.6. The molecule has 7 heteroatoms. The zero-order valence-electron chi connectivity index (χ0n) is 15.0. The van der Waals surface area contributed by atoms with Crippen LogP contribution in [0.5, 0.6) is 5.75 Å². The van der Waals surface area contributed by atoms with Crippen LogP contribution in [0.4, 0.5) is 0 Å². The first-order valence-electron chi connectivity index (χ1n) is 8.36. The second-order valence-electron chi connectivity index (χ2n) is 6.27. The number of methoxy groups -OCH3 is 1. The Kier molecular flexibility index (Phi) is 5.26. The van der Waals surface area contributed by atoms with Gasteiger partial charge in [0.1, 0.15) is 12.1 Å². The van der Waals surface area contributed by atoms with Gasteiger partial charge in [0.2, 0.25) is 0 Å². The summed E-state index contributed by atoms with van der Waals surface area (Å²) in [5, 5.41) is 14.2. The summed E-state index contributed by atoms with van der Waals surface area (Å²) >= 11 is 0. The van der Waals surface area contributed by atoms with Crippen molar-refractivity contribution in [2.75, 3.05) is 7.11 Å². The van der Waals surface area contributed by atoms with Gasteiger partial charge in [0.25, 0.3) is 5.91 Å². The molecule has 0 saturated carbocycles. The van der Waals surface area contributed by atoms with Crippen LogP contribution in [0.15, 0.2) is 54.9 Å². The summed E-state index contributed by atoms with van der Waals surface area (Å²) in [5.41, 5.74) is 2.32. The number of amides is 1. The monoisotopic (exact) mass is 351 g/mol. The second-order valence-corrected chi connectivity index (χ2v) is 6.27. The van der Waals surface area contributed by atoms with Crippen LogP contribution in [0.2, 0.25) is 0 Å². The van der Waals surface area contributed by atoms with E-state index in [2.05, 4.69) is 34.7 Å². The van der Waals surface area contributed by atoms with E-state index in [-0.39, 0.29) is 17.9 Å². The van der Waals surface area contributed by atoms with Gasteiger partial charge in [-0.05, 0) is 52.2 Å². The van der Waals surface area contributed by atoms with E-state index in [1.54, 1.807) is 19.2 Å². The van der Waals surface area contributed by atoms with Crippen LogP contribution in [0.1, 0.15) is 35.8 Å². The first-order valence-corrected chi connectivity index (χ1v) is 8.36. The van der Waals surface area contributed by atoms with Crippen molar-refractivity contribution in [3.8, 4) is 11.4 Å². The smallest absolute Gasteiger partial charge is 0.251 e. The van der Waals surface area contributed by atoms with Crippen LogP contribution in [-0.2, 0) is 0 Å². The van der Waals surface area contributed by atoms with Crippen LogP contribution in [0.3, 0.4) is 0 Å². The second kappa shape index (κ2) is 7.77. The normalized spacial score (nSPS) is 12.0. The Morgan fingerprint density at radius 1 is 1.15 bits per heavy atom. The number of nitrogens with one attached hydrogen (secondary N) is 1. The maximum absolute atomic E-state index is 12.8. The van der Waals surface area contributed by atoms with E-state index in [9.17, 15) is 4.79 Å². The van der Waals surface area contributed by atoms with Crippen molar-refractivity contribution in [2.24, 2.45) is 5.92 Å². The highest BCUT2D eigenvalue weighted by Gasteiger charge is 2.19. The molecule has 3 aromatic rings. The minimum atomic E-state index is -0.144. The lowest BCUT2D eigenvalue weighted by atomic mass is 9.95. The predicted octanol–water partition coefficient (Wildman–Crippen LogP) is 2.80. The molecular formula is C19H21N5O2. The highest BCUT2D eigenvalue weighted by Crippen LogP contribution is 2.24. The molecule has 0 unspecified atom stereocenters. The molecule has 0 aliphatic carbocycles. The molecule has 1 heterocycles. The Morgan fingerprint density at radius 3 is 2.54 bits per heavy atom. The van der Waals surface area contributed by atoms with Crippen molar-refractivity contribution in [2.45, 2.75) is 19.9 Å². The lowest BCUT2D eigenvalue weighted by Gasteiger charge is -2.23. The Labute approximate surface area is 152 Å². The van der Waals surface area contributed by atoms with Crippen molar-refractivity contribution in [3.63, 3.8) is 0 Å². The molecule has 0 fully saturated rings. The van der Waals surface area contributed by atoms with Crippen molar-refractivity contribution >= 4 is 5.91 Å². The fraction of sp³-hybridized carbons (Fsp3) is 0.263. The number of carbonyl (C=O) groups excluding carboxylic acids is 1. The molecule has 7 nitrogen and oxygen atoms in total. The molecule has 0 radical (unpaired) electrons. The van der Waals surface area contributed by atoms with Gasteiger partial charge in [-0.3, -0.25) is 4.79 Å². The maximum atomic E-state index is 12.8. The minimum absolute atomic E-state index is 0.106. The lowest BCUT2D eigenvalue weighted by molar-refractivity contribution is 0.0925. The highest BCUT2D eigenvalue weighted by atomic mass is 16.5. The Hall–Kier alpha value is -3.22. The van der Waals surface area contributed by atoms with E-state index >= 15 is 0 Å². The molecule has 2 aromatic carbocycles. The fourth-order valence-electron chi connectivity index (χ4n) is 2.74.